The maximum Gasteiger partial charge on any atom is 0.279 e. The standard InChI is InChI=1S/C23H31N3O2/c1-6-26(7-2)23(28)19-9-8-10-21(14-19)24-22(27)16-25(5)15-20-12-11-17(3)13-18(20)4/h8-14H,6-7,15-16H2,1-5H3,(H,24,27)/p+1. The quantitative estimate of drug-likeness (QED) is 0.737. The SMILES string of the molecule is CCN(CC)C(=O)c1cccc(NC(=O)C[NH+](C)Cc2ccc(C)cc2C)c1. The third kappa shape index (κ3) is 5.92. The summed E-state index contributed by atoms with van der Waals surface area (Å²) in [6.07, 6.45) is 0. The van der Waals surface area contributed by atoms with E-state index in [4.69, 9.17) is 0 Å². The van der Waals surface area contributed by atoms with E-state index in [1.165, 1.54) is 16.7 Å². The molecule has 0 saturated heterocycles. The Morgan fingerprint density at radius 2 is 1.75 bits per heavy atom. The van der Waals surface area contributed by atoms with Crippen LogP contribution in [-0.4, -0.2) is 43.4 Å². The van der Waals surface area contributed by atoms with E-state index in [1.807, 2.05) is 27.0 Å². The number of benzene rings is 2. The zero-order valence-corrected chi connectivity index (χ0v) is 17.6. The van der Waals surface area contributed by atoms with Gasteiger partial charge in [-0.3, -0.25) is 9.59 Å². The Bertz CT molecular complexity index is 828. The number of quaternary nitrogens is 1. The summed E-state index contributed by atoms with van der Waals surface area (Å²) in [5.41, 5.74) is 5.00. The van der Waals surface area contributed by atoms with Crippen molar-refractivity contribution in [1.82, 2.24) is 4.90 Å². The van der Waals surface area contributed by atoms with Gasteiger partial charge in [-0.15, -0.1) is 0 Å². The van der Waals surface area contributed by atoms with E-state index in [-0.39, 0.29) is 11.8 Å². The van der Waals surface area contributed by atoms with Crippen LogP contribution in [0.2, 0.25) is 0 Å². The van der Waals surface area contributed by atoms with E-state index in [0.717, 1.165) is 11.4 Å². The van der Waals surface area contributed by atoms with E-state index in [9.17, 15) is 9.59 Å². The van der Waals surface area contributed by atoms with Crippen molar-refractivity contribution in [3.8, 4) is 0 Å². The lowest BCUT2D eigenvalue weighted by Gasteiger charge is -2.19. The number of hydrogen-bond acceptors (Lipinski definition) is 2. The first kappa shape index (κ1) is 21.6. The van der Waals surface area contributed by atoms with Crippen LogP contribution in [0, 0.1) is 13.8 Å². The molecule has 5 nitrogen and oxygen atoms in total. The topological polar surface area (TPSA) is 53.9 Å². The molecule has 2 amide bonds. The molecule has 2 aromatic carbocycles. The summed E-state index contributed by atoms with van der Waals surface area (Å²) in [4.78, 5) is 27.8. The molecule has 0 bridgehead atoms. The molecule has 0 radical (unpaired) electrons. The van der Waals surface area contributed by atoms with Crippen molar-refractivity contribution in [2.24, 2.45) is 0 Å². The monoisotopic (exact) mass is 382 g/mol. The molecule has 2 N–H and O–H groups in total. The summed E-state index contributed by atoms with van der Waals surface area (Å²) in [5.74, 6) is -0.0756. The number of nitrogens with zero attached hydrogens (tertiary/aromatic N) is 1. The largest absolute Gasteiger partial charge is 0.339 e. The smallest absolute Gasteiger partial charge is 0.279 e. The van der Waals surface area contributed by atoms with Crippen LogP contribution in [0.15, 0.2) is 42.5 Å². The van der Waals surface area contributed by atoms with Gasteiger partial charge in [-0.1, -0.05) is 29.8 Å². The minimum atomic E-state index is -0.0605. The summed E-state index contributed by atoms with van der Waals surface area (Å²) in [5, 5.41) is 2.92. The third-order valence-corrected chi connectivity index (χ3v) is 4.90. The normalized spacial score (nSPS) is 11.8. The maximum absolute atomic E-state index is 12.5. The minimum absolute atomic E-state index is 0.0151. The van der Waals surface area contributed by atoms with E-state index in [2.05, 4.69) is 37.4 Å². The zero-order valence-electron chi connectivity index (χ0n) is 17.6. The first-order chi connectivity index (χ1) is 13.3. The van der Waals surface area contributed by atoms with Gasteiger partial charge in [0, 0.05) is 29.9 Å². The Morgan fingerprint density at radius 1 is 1.04 bits per heavy atom. The molecule has 28 heavy (non-hydrogen) atoms. The fourth-order valence-corrected chi connectivity index (χ4v) is 3.33. The van der Waals surface area contributed by atoms with Crippen LogP contribution in [0.1, 0.15) is 40.9 Å². The van der Waals surface area contributed by atoms with E-state index in [0.29, 0.717) is 30.9 Å². The number of carbonyl (C=O) groups is 2. The first-order valence-electron chi connectivity index (χ1n) is 9.90. The highest BCUT2D eigenvalue weighted by molar-refractivity contribution is 5.97. The molecule has 0 aliphatic rings. The molecule has 1 unspecified atom stereocenters. The predicted octanol–water partition coefficient (Wildman–Crippen LogP) is 2.44. The summed E-state index contributed by atoms with van der Waals surface area (Å²) >= 11 is 0. The van der Waals surface area contributed by atoms with Crippen molar-refractivity contribution in [2.45, 2.75) is 34.2 Å². The summed E-state index contributed by atoms with van der Waals surface area (Å²) in [6.45, 7) is 10.6. The van der Waals surface area contributed by atoms with Crippen LogP contribution in [-0.2, 0) is 11.3 Å². The van der Waals surface area contributed by atoms with Crippen molar-refractivity contribution in [1.29, 1.82) is 0 Å². The number of aryl methyl sites for hydroxylation is 2. The molecular formula is C23H32N3O2+. The second-order valence-corrected chi connectivity index (χ2v) is 7.35. The molecule has 5 heteroatoms. The van der Waals surface area contributed by atoms with E-state index < -0.39 is 0 Å². The molecule has 150 valence electrons. The average Bonchev–Trinajstić information content (AvgIpc) is 2.65. The Hall–Kier alpha value is -2.66. The van der Waals surface area contributed by atoms with Crippen LogP contribution < -0.4 is 10.2 Å². The fraction of sp³-hybridized carbons (Fsp3) is 0.391. The second-order valence-electron chi connectivity index (χ2n) is 7.35. The van der Waals surface area contributed by atoms with Crippen molar-refractivity contribution >= 4 is 17.5 Å². The summed E-state index contributed by atoms with van der Waals surface area (Å²) in [6, 6.07) is 13.6. The number of carbonyl (C=O) groups excluding carboxylic acids is 2. The van der Waals surface area contributed by atoms with Gasteiger partial charge in [0.25, 0.3) is 11.8 Å². The van der Waals surface area contributed by atoms with Gasteiger partial charge in [-0.25, -0.2) is 0 Å². The summed E-state index contributed by atoms with van der Waals surface area (Å²) in [7, 11) is 2.01. The third-order valence-electron chi connectivity index (χ3n) is 4.90. The minimum Gasteiger partial charge on any atom is -0.339 e. The van der Waals surface area contributed by atoms with Crippen LogP contribution >= 0.6 is 0 Å². The Morgan fingerprint density at radius 3 is 2.39 bits per heavy atom. The number of amides is 2. The van der Waals surface area contributed by atoms with Gasteiger partial charge in [0.05, 0.1) is 7.05 Å². The lowest BCUT2D eigenvalue weighted by molar-refractivity contribution is -0.885. The van der Waals surface area contributed by atoms with Gasteiger partial charge in [-0.2, -0.15) is 0 Å². The van der Waals surface area contributed by atoms with Gasteiger partial charge in [0.2, 0.25) is 0 Å². The molecule has 0 fully saturated rings. The van der Waals surface area contributed by atoms with Crippen LogP contribution in [0.3, 0.4) is 0 Å². The van der Waals surface area contributed by atoms with Crippen molar-refractivity contribution in [3.63, 3.8) is 0 Å². The average molecular weight is 383 g/mol. The Labute approximate surface area is 168 Å². The molecular weight excluding hydrogens is 350 g/mol. The molecule has 0 saturated carbocycles. The van der Waals surface area contributed by atoms with Gasteiger partial charge in [0.1, 0.15) is 6.54 Å². The molecule has 0 heterocycles. The Balaban J connectivity index is 1.97. The fourth-order valence-electron chi connectivity index (χ4n) is 3.33. The van der Waals surface area contributed by atoms with Crippen molar-refractivity contribution < 1.29 is 14.5 Å². The predicted molar refractivity (Wildman–Crippen MR) is 114 cm³/mol. The van der Waals surface area contributed by atoms with Crippen LogP contribution in [0.25, 0.3) is 0 Å². The number of nitrogens with one attached hydrogen (secondary N) is 2. The van der Waals surface area contributed by atoms with Crippen molar-refractivity contribution in [2.75, 3.05) is 32.0 Å². The van der Waals surface area contributed by atoms with Crippen LogP contribution in [0.4, 0.5) is 5.69 Å². The van der Waals surface area contributed by atoms with Gasteiger partial charge >= 0.3 is 0 Å². The molecule has 0 spiro atoms. The molecule has 0 aromatic heterocycles. The second kappa shape index (κ2) is 10.0. The number of hydrogen-bond donors (Lipinski definition) is 2. The lowest BCUT2D eigenvalue weighted by Crippen LogP contribution is -3.08. The number of anilines is 1. The van der Waals surface area contributed by atoms with Gasteiger partial charge < -0.3 is 15.1 Å². The molecule has 0 aliphatic heterocycles. The van der Waals surface area contributed by atoms with E-state index >= 15 is 0 Å². The van der Waals surface area contributed by atoms with Gasteiger partial charge in [-0.05, 0) is 51.5 Å². The zero-order chi connectivity index (χ0) is 20.7. The molecule has 2 rings (SSSR count). The molecule has 1 atom stereocenters. The van der Waals surface area contributed by atoms with Gasteiger partial charge in [0.15, 0.2) is 6.54 Å². The highest BCUT2D eigenvalue weighted by atomic mass is 16.2. The van der Waals surface area contributed by atoms with E-state index in [1.54, 1.807) is 23.1 Å². The maximum atomic E-state index is 12.5. The number of rotatable bonds is 8. The summed E-state index contributed by atoms with van der Waals surface area (Å²) < 4.78 is 0. The highest BCUT2D eigenvalue weighted by Gasteiger charge is 2.15. The highest BCUT2D eigenvalue weighted by Crippen LogP contribution is 2.13. The molecule has 0 aliphatic carbocycles. The first-order valence-corrected chi connectivity index (χ1v) is 9.90. The Kier molecular flexibility index (Phi) is 7.76. The van der Waals surface area contributed by atoms with Crippen LogP contribution in [0.5, 0.6) is 0 Å². The molecule has 2 aromatic rings. The number of likely N-dealkylation sites (N-methyl/N-ethyl adjacent to an activating group) is 1. The van der Waals surface area contributed by atoms with Crippen molar-refractivity contribution in [3.05, 3.63) is 64.7 Å². The lowest BCUT2D eigenvalue weighted by atomic mass is 10.1.